The third kappa shape index (κ3) is 2.84. The molecule has 0 saturated heterocycles. The normalized spacial score (nSPS) is 17.4. The molecule has 0 unspecified atom stereocenters. The van der Waals surface area contributed by atoms with Gasteiger partial charge in [-0.3, -0.25) is 9.78 Å². The first kappa shape index (κ1) is 14.6. The van der Waals surface area contributed by atoms with Gasteiger partial charge in [0.2, 0.25) is 0 Å². The Morgan fingerprint density at radius 3 is 2.82 bits per heavy atom. The van der Waals surface area contributed by atoms with E-state index in [9.17, 15) is 4.79 Å². The van der Waals surface area contributed by atoms with Gasteiger partial charge in [-0.05, 0) is 13.3 Å². The van der Waals surface area contributed by atoms with E-state index in [4.69, 9.17) is 0 Å². The molecule has 1 aliphatic rings. The molecule has 1 aliphatic heterocycles. The highest BCUT2D eigenvalue weighted by molar-refractivity contribution is 5.92. The Hall–Kier alpha value is -2.31. The SMILES string of the molecule is Cc1cnc(C(=O)N[C@H]2CCc3nnc(C(C)C)n3C2)cn1. The van der Waals surface area contributed by atoms with Crippen LogP contribution in [0.4, 0.5) is 0 Å². The van der Waals surface area contributed by atoms with Gasteiger partial charge >= 0.3 is 0 Å². The minimum absolute atomic E-state index is 0.0663. The molecule has 0 radical (unpaired) electrons. The number of fused-ring (bicyclic) bond motifs is 1. The van der Waals surface area contributed by atoms with Gasteiger partial charge < -0.3 is 9.88 Å². The minimum atomic E-state index is -0.180. The van der Waals surface area contributed by atoms with Crippen LogP contribution in [-0.4, -0.2) is 36.7 Å². The van der Waals surface area contributed by atoms with Crippen LogP contribution >= 0.6 is 0 Å². The average Bonchev–Trinajstić information content (AvgIpc) is 2.91. The predicted octanol–water partition coefficient (Wildman–Crippen LogP) is 1.24. The molecule has 7 nitrogen and oxygen atoms in total. The lowest BCUT2D eigenvalue weighted by Gasteiger charge is -2.25. The molecule has 0 fully saturated rings. The van der Waals surface area contributed by atoms with E-state index in [0.717, 1.165) is 30.2 Å². The molecule has 1 amide bonds. The summed E-state index contributed by atoms with van der Waals surface area (Å²) in [5.74, 6) is 2.12. The van der Waals surface area contributed by atoms with Crippen molar-refractivity contribution in [2.75, 3.05) is 0 Å². The van der Waals surface area contributed by atoms with E-state index in [0.29, 0.717) is 18.2 Å². The highest BCUT2D eigenvalue weighted by Crippen LogP contribution is 2.20. The molecule has 3 rings (SSSR count). The van der Waals surface area contributed by atoms with Gasteiger partial charge in [0.25, 0.3) is 5.91 Å². The fraction of sp³-hybridized carbons (Fsp3) is 0.533. The maximum absolute atomic E-state index is 12.2. The van der Waals surface area contributed by atoms with Crippen molar-refractivity contribution in [2.45, 2.75) is 52.1 Å². The lowest BCUT2D eigenvalue weighted by molar-refractivity contribution is 0.0921. The first-order chi connectivity index (χ1) is 10.5. The van der Waals surface area contributed by atoms with Crippen LogP contribution in [0.5, 0.6) is 0 Å². The average molecular weight is 300 g/mol. The monoisotopic (exact) mass is 300 g/mol. The van der Waals surface area contributed by atoms with Crippen LogP contribution in [0.1, 0.15) is 54.0 Å². The van der Waals surface area contributed by atoms with Gasteiger partial charge in [0.1, 0.15) is 17.3 Å². The Morgan fingerprint density at radius 1 is 1.32 bits per heavy atom. The Balaban J connectivity index is 1.71. The zero-order valence-electron chi connectivity index (χ0n) is 13.1. The van der Waals surface area contributed by atoms with Crippen molar-refractivity contribution in [3.63, 3.8) is 0 Å². The standard InChI is InChI=1S/C15H20N6O/c1-9(2)14-20-19-13-5-4-11(8-21(13)14)18-15(22)12-7-16-10(3)6-17-12/h6-7,9,11H,4-5,8H2,1-3H3,(H,18,22)/t11-/m0/s1. The second-order valence-corrected chi connectivity index (χ2v) is 5.99. The number of aromatic nitrogens is 5. The highest BCUT2D eigenvalue weighted by atomic mass is 16.1. The number of carbonyl (C=O) groups excluding carboxylic acids is 1. The third-order valence-corrected chi connectivity index (χ3v) is 3.84. The number of nitrogens with zero attached hydrogens (tertiary/aromatic N) is 5. The van der Waals surface area contributed by atoms with Crippen LogP contribution in [0.3, 0.4) is 0 Å². The minimum Gasteiger partial charge on any atom is -0.346 e. The summed E-state index contributed by atoms with van der Waals surface area (Å²) in [6, 6.07) is 0.0663. The van der Waals surface area contributed by atoms with Gasteiger partial charge in [0.15, 0.2) is 0 Å². The smallest absolute Gasteiger partial charge is 0.271 e. The second kappa shape index (κ2) is 5.82. The molecule has 7 heteroatoms. The van der Waals surface area contributed by atoms with E-state index in [1.165, 1.54) is 6.20 Å². The number of amides is 1. The molecule has 3 heterocycles. The number of nitrogens with one attached hydrogen (secondary N) is 1. The zero-order valence-corrected chi connectivity index (χ0v) is 13.1. The van der Waals surface area contributed by atoms with Crippen molar-refractivity contribution in [1.82, 2.24) is 30.0 Å². The number of aryl methyl sites for hydroxylation is 2. The Kier molecular flexibility index (Phi) is 3.87. The van der Waals surface area contributed by atoms with Crippen LogP contribution in [0.2, 0.25) is 0 Å². The lowest BCUT2D eigenvalue weighted by Crippen LogP contribution is -2.41. The number of carbonyl (C=O) groups is 1. The molecule has 2 aromatic heterocycles. The van der Waals surface area contributed by atoms with Crippen molar-refractivity contribution in [3.05, 3.63) is 35.4 Å². The van der Waals surface area contributed by atoms with Gasteiger partial charge in [-0.1, -0.05) is 13.8 Å². The van der Waals surface area contributed by atoms with Crippen molar-refractivity contribution in [2.24, 2.45) is 0 Å². The van der Waals surface area contributed by atoms with Crippen LogP contribution in [-0.2, 0) is 13.0 Å². The van der Waals surface area contributed by atoms with E-state index in [1.54, 1.807) is 6.20 Å². The van der Waals surface area contributed by atoms with E-state index < -0.39 is 0 Å². The van der Waals surface area contributed by atoms with Gasteiger partial charge in [0, 0.05) is 31.1 Å². The van der Waals surface area contributed by atoms with Crippen LogP contribution < -0.4 is 5.32 Å². The molecule has 1 N–H and O–H groups in total. The predicted molar refractivity (Wildman–Crippen MR) is 80.5 cm³/mol. The summed E-state index contributed by atoms with van der Waals surface area (Å²) in [7, 11) is 0. The highest BCUT2D eigenvalue weighted by Gasteiger charge is 2.25. The molecule has 0 aliphatic carbocycles. The maximum atomic E-state index is 12.2. The summed E-state index contributed by atoms with van der Waals surface area (Å²) in [6.07, 6.45) is 4.80. The Bertz CT molecular complexity index is 676. The molecule has 2 aromatic rings. The first-order valence-electron chi connectivity index (χ1n) is 7.56. The summed E-state index contributed by atoms with van der Waals surface area (Å²) in [5, 5.41) is 11.5. The zero-order chi connectivity index (χ0) is 15.7. The molecule has 1 atom stereocenters. The molecular formula is C15H20N6O. The Labute approximate surface area is 129 Å². The molecular weight excluding hydrogens is 280 g/mol. The summed E-state index contributed by atoms with van der Waals surface area (Å²) >= 11 is 0. The van der Waals surface area contributed by atoms with Crippen LogP contribution in [0.25, 0.3) is 0 Å². The van der Waals surface area contributed by atoms with Crippen LogP contribution in [0, 0.1) is 6.92 Å². The number of hydrogen-bond acceptors (Lipinski definition) is 5. The topological polar surface area (TPSA) is 85.6 Å². The first-order valence-corrected chi connectivity index (χ1v) is 7.56. The number of rotatable bonds is 3. The largest absolute Gasteiger partial charge is 0.346 e. The molecule has 0 spiro atoms. The lowest BCUT2D eigenvalue weighted by atomic mass is 10.1. The molecule has 0 aromatic carbocycles. The van der Waals surface area contributed by atoms with Gasteiger partial charge in [0.05, 0.1) is 11.9 Å². The quantitative estimate of drug-likeness (QED) is 0.922. The van der Waals surface area contributed by atoms with Crippen molar-refractivity contribution in [1.29, 1.82) is 0 Å². The van der Waals surface area contributed by atoms with Gasteiger partial charge in [-0.2, -0.15) is 0 Å². The van der Waals surface area contributed by atoms with Crippen LogP contribution in [0.15, 0.2) is 12.4 Å². The summed E-state index contributed by atoms with van der Waals surface area (Å²) in [6.45, 7) is 6.75. The fourth-order valence-electron chi connectivity index (χ4n) is 2.66. The van der Waals surface area contributed by atoms with Crippen molar-refractivity contribution < 1.29 is 4.79 Å². The third-order valence-electron chi connectivity index (χ3n) is 3.84. The second-order valence-electron chi connectivity index (χ2n) is 5.99. The van der Waals surface area contributed by atoms with Gasteiger partial charge in [-0.25, -0.2) is 4.98 Å². The fourth-order valence-corrected chi connectivity index (χ4v) is 2.66. The van der Waals surface area contributed by atoms with Crippen molar-refractivity contribution >= 4 is 5.91 Å². The molecule has 0 bridgehead atoms. The summed E-state index contributed by atoms with van der Waals surface area (Å²) in [4.78, 5) is 20.5. The molecule has 0 saturated carbocycles. The Morgan fingerprint density at radius 2 is 2.14 bits per heavy atom. The van der Waals surface area contributed by atoms with Crippen molar-refractivity contribution in [3.8, 4) is 0 Å². The van der Waals surface area contributed by atoms with E-state index in [-0.39, 0.29) is 11.9 Å². The summed E-state index contributed by atoms with van der Waals surface area (Å²) in [5.41, 5.74) is 1.15. The number of hydrogen-bond donors (Lipinski definition) is 1. The molecule has 22 heavy (non-hydrogen) atoms. The van der Waals surface area contributed by atoms with E-state index in [2.05, 4.69) is 43.9 Å². The van der Waals surface area contributed by atoms with E-state index >= 15 is 0 Å². The maximum Gasteiger partial charge on any atom is 0.271 e. The molecule has 116 valence electrons. The van der Waals surface area contributed by atoms with E-state index in [1.807, 2.05) is 6.92 Å². The summed E-state index contributed by atoms with van der Waals surface area (Å²) < 4.78 is 2.12. The van der Waals surface area contributed by atoms with Gasteiger partial charge in [-0.15, -0.1) is 10.2 Å².